The average Bonchev–Trinajstić information content (AvgIpc) is 3.46. The lowest BCUT2D eigenvalue weighted by atomic mass is 10.1. The Morgan fingerprint density at radius 3 is 2.64 bits per heavy atom. The molecule has 1 amide bonds. The summed E-state index contributed by atoms with van der Waals surface area (Å²) in [6.07, 6.45) is 2.54. The monoisotopic (exact) mass is 338 g/mol. The topological polar surface area (TPSA) is 41.6 Å². The number of nitrogens with one attached hydrogen (secondary N) is 1. The third-order valence-corrected chi connectivity index (χ3v) is 4.81. The maximum Gasteiger partial charge on any atom is 0.238 e. The minimum Gasteiger partial charge on any atom is -0.497 e. The summed E-state index contributed by atoms with van der Waals surface area (Å²) in [6, 6.07) is 18.2. The molecular formula is C21H26N2O2. The summed E-state index contributed by atoms with van der Waals surface area (Å²) >= 11 is 0. The molecule has 1 N–H and O–H groups in total. The molecule has 25 heavy (non-hydrogen) atoms. The van der Waals surface area contributed by atoms with Crippen molar-refractivity contribution in [2.75, 3.05) is 19.0 Å². The van der Waals surface area contributed by atoms with Gasteiger partial charge in [0.1, 0.15) is 5.75 Å². The number of carbonyl (C=O) groups is 1. The fraction of sp³-hybridized carbons (Fsp3) is 0.381. The summed E-state index contributed by atoms with van der Waals surface area (Å²) in [5.41, 5.74) is 2.01. The van der Waals surface area contributed by atoms with Crippen LogP contribution in [0.3, 0.4) is 0 Å². The van der Waals surface area contributed by atoms with Crippen LogP contribution >= 0.6 is 0 Å². The Bertz CT molecular complexity index is 698. The summed E-state index contributed by atoms with van der Waals surface area (Å²) in [7, 11) is 1.62. The summed E-state index contributed by atoms with van der Waals surface area (Å²) < 4.78 is 5.21. The molecule has 1 fully saturated rings. The number of amides is 1. The molecule has 1 unspecified atom stereocenters. The van der Waals surface area contributed by atoms with E-state index in [0.29, 0.717) is 18.5 Å². The van der Waals surface area contributed by atoms with Gasteiger partial charge >= 0.3 is 0 Å². The Morgan fingerprint density at radius 1 is 1.20 bits per heavy atom. The molecule has 132 valence electrons. The summed E-state index contributed by atoms with van der Waals surface area (Å²) in [4.78, 5) is 14.8. The van der Waals surface area contributed by atoms with Crippen LogP contribution in [0.15, 0.2) is 54.6 Å². The Balaban J connectivity index is 1.65. The first-order chi connectivity index (χ1) is 12.2. The number of rotatable bonds is 8. The van der Waals surface area contributed by atoms with Gasteiger partial charge in [0.2, 0.25) is 5.91 Å². The van der Waals surface area contributed by atoms with Crippen LogP contribution in [0.2, 0.25) is 0 Å². The largest absolute Gasteiger partial charge is 0.497 e. The summed E-state index contributed by atoms with van der Waals surface area (Å²) in [6.45, 7) is 3.42. The van der Waals surface area contributed by atoms with Crippen molar-refractivity contribution in [1.82, 2.24) is 4.90 Å². The Kier molecular flexibility index (Phi) is 5.71. The molecule has 0 aromatic heterocycles. The van der Waals surface area contributed by atoms with Crippen molar-refractivity contribution in [3.05, 3.63) is 60.2 Å². The van der Waals surface area contributed by atoms with Crippen molar-refractivity contribution < 1.29 is 9.53 Å². The van der Waals surface area contributed by atoms with Crippen LogP contribution in [0.1, 0.15) is 25.3 Å². The summed E-state index contributed by atoms with van der Waals surface area (Å²) in [5.74, 6) is 1.47. The second kappa shape index (κ2) is 8.17. The van der Waals surface area contributed by atoms with Crippen molar-refractivity contribution in [1.29, 1.82) is 0 Å². The average molecular weight is 338 g/mol. The highest BCUT2D eigenvalue weighted by Crippen LogP contribution is 2.35. The number of carbonyl (C=O) groups excluding carboxylic acids is 1. The number of hydrogen-bond donors (Lipinski definition) is 1. The number of benzene rings is 2. The smallest absolute Gasteiger partial charge is 0.238 e. The van der Waals surface area contributed by atoms with Crippen molar-refractivity contribution in [3.8, 4) is 5.75 Å². The highest BCUT2D eigenvalue weighted by atomic mass is 16.5. The zero-order valence-corrected chi connectivity index (χ0v) is 14.9. The fourth-order valence-electron chi connectivity index (χ4n) is 3.12. The molecular weight excluding hydrogens is 312 g/mol. The van der Waals surface area contributed by atoms with Gasteiger partial charge in [-0.3, -0.25) is 9.69 Å². The van der Waals surface area contributed by atoms with Gasteiger partial charge in [-0.05, 0) is 43.4 Å². The number of anilines is 1. The van der Waals surface area contributed by atoms with Crippen LogP contribution in [0, 0.1) is 5.92 Å². The quantitative estimate of drug-likeness (QED) is 0.793. The second-order valence-electron chi connectivity index (χ2n) is 6.75. The molecule has 3 rings (SSSR count). The highest BCUT2D eigenvalue weighted by molar-refractivity contribution is 5.92. The number of methoxy groups -OCH3 is 1. The third kappa shape index (κ3) is 5.07. The molecule has 4 nitrogen and oxygen atoms in total. The van der Waals surface area contributed by atoms with E-state index in [9.17, 15) is 4.79 Å². The Morgan fingerprint density at radius 2 is 1.96 bits per heavy atom. The van der Waals surface area contributed by atoms with Gasteiger partial charge in [0.15, 0.2) is 0 Å². The fourth-order valence-corrected chi connectivity index (χ4v) is 3.12. The first-order valence-corrected chi connectivity index (χ1v) is 8.87. The number of nitrogens with zero attached hydrogens (tertiary/aromatic N) is 1. The van der Waals surface area contributed by atoms with Gasteiger partial charge in [0.25, 0.3) is 0 Å². The predicted molar refractivity (Wildman–Crippen MR) is 101 cm³/mol. The van der Waals surface area contributed by atoms with E-state index in [1.807, 2.05) is 42.5 Å². The minimum absolute atomic E-state index is 0.0108. The van der Waals surface area contributed by atoms with E-state index in [2.05, 4.69) is 29.3 Å². The summed E-state index contributed by atoms with van der Waals surface area (Å²) in [5, 5.41) is 2.99. The lowest BCUT2D eigenvalue weighted by molar-refractivity contribution is -0.118. The molecule has 0 radical (unpaired) electrons. The van der Waals surface area contributed by atoms with Crippen LogP contribution < -0.4 is 10.1 Å². The van der Waals surface area contributed by atoms with Gasteiger partial charge in [0, 0.05) is 24.3 Å². The maximum absolute atomic E-state index is 12.6. The molecule has 0 spiro atoms. The molecule has 1 aliphatic carbocycles. The van der Waals surface area contributed by atoms with Crippen molar-refractivity contribution >= 4 is 11.6 Å². The van der Waals surface area contributed by atoms with Crippen LogP contribution in [-0.4, -0.2) is 30.5 Å². The maximum atomic E-state index is 12.6. The van der Waals surface area contributed by atoms with Crippen molar-refractivity contribution in [2.24, 2.45) is 5.92 Å². The molecule has 0 aliphatic heterocycles. The Labute approximate surface area is 149 Å². The molecule has 0 saturated heterocycles. The predicted octanol–water partition coefficient (Wildman–Crippen LogP) is 3.93. The van der Waals surface area contributed by atoms with Gasteiger partial charge in [-0.2, -0.15) is 0 Å². The SMILES string of the molecule is COc1cccc(NC(=O)CN(Cc2ccccc2)C(C)C2CC2)c1. The van der Waals surface area contributed by atoms with E-state index < -0.39 is 0 Å². The standard InChI is InChI=1S/C21H26N2O2/c1-16(18-11-12-18)23(14-17-7-4-3-5-8-17)15-21(24)22-19-9-6-10-20(13-19)25-2/h3-10,13,16,18H,11-12,14-15H2,1-2H3,(H,22,24). The number of hydrogen-bond acceptors (Lipinski definition) is 3. The second-order valence-corrected chi connectivity index (χ2v) is 6.75. The van der Waals surface area contributed by atoms with Crippen LogP contribution in [0.4, 0.5) is 5.69 Å². The van der Waals surface area contributed by atoms with Crippen LogP contribution in [0.25, 0.3) is 0 Å². The molecule has 1 saturated carbocycles. The molecule has 0 bridgehead atoms. The van der Waals surface area contributed by atoms with Gasteiger partial charge in [-0.1, -0.05) is 36.4 Å². The van der Waals surface area contributed by atoms with E-state index in [1.54, 1.807) is 7.11 Å². The van der Waals surface area contributed by atoms with Crippen molar-refractivity contribution in [2.45, 2.75) is 32.4 Å². The van der Waals surface area contributed by atoms with E-state index in [4.69, 9.17) is 4.74 Å². The van der Waals surface area contributed by atoms with Gasteiger partial charge in [-0.25, -0.2) is 0 Å². The van der Waals surface area contributed by atoms with Crippen LogP contribution in [-0.2, 0) is 11.3 Å². The van der Waals surface area contributed by atoms with E-state index in [0.717, 1.165) is 18.0 Å². The van der Waals surface area contributed by atoms with Gasteiger partial charge in [-0.15, -0.1) is 0 Å². The lowest BCUT2D eigenvalue weighted by Gasteiger charge is -2.28. The molecule has 1 aliphatic rings. The Hall–Kier alpha value is -2.33. The highest BCUT2D eigenvalue weighted by Gasteiger charge is 2.32. The van der Waals surface area contributed by atoms with E-state index >= 15 is 0 Å². The molecule has 0 heterocycles. The third-order valence-electron chi connectivity index (χ3n) is 4.81. The first kappa shape index (κ1) is 17.5. The number of ether oxygens (including phenoxy) is 1. The van der Waals surface area contributed by atoms with E-state index in [1.165, 1.54) is 18.4 Å². The first-order valence-electron chi connectivity index (χ1n) is 8.87. The zero-order valence-electron chi connectivity index (χ0n) is 14.9. The van der Waals surface area contributed by atoms with Crippen LogP contribution in [0.5, 0.6) is 5.75 Å². The molecule has 2 aromatic rings. The van der Waals surface area contributed by atoms with E-state index in [-0.39, 0.29) is 5.91 Å². The van der Waals surface area contributed by atoms with Crippen molar-refractivity contribution in [3.63, 3.8) is 0 Å². The van der Waals surface area contributed by atoms with Gasteiger partial charge < -0.3 is 10.1 Å². The normalized spacial score (nSPS) is 15.0. The molecule has 2 aromatic carbocycles. The van der Waals surface area contributed by atoms with Gasteiger partial charge in [0.05, 0.1) is 13.7 Å². The molecule has 1 atom stereocenters. The zero-order chi connectivity index (χ0) is 17.6. The minimum atomic E-state index is 0.0108. The molecule has 4 heteroatoms. The lowest BCUT2D eigenvalue weighted by Crippen LogP contribution is -2.40.